The van der Waals surface area contributed by atoms with Crippen molar-refractivity contribution >= 4 is 0 Å². The van der Waals surface area contributed by atoms with E-state index in [1.807, 2.05) is 19.1 Å². The van der Waals surface area contributed by atoms with E-state index < -0.39 is 0 Å². The second kappa shape index (κ2) is 5.63. The molecule has 3 heteroatoms. The molecule has 1 aromatic carbocycles. The van der Waals surface area contributed by atoms with Crippen molar-refractivity contribution in [2.75, 3.05) is 20.7 Å². The minimum atomic E-state index is -0.212. The lowest BCUT2D eigenvalue weighted by Crippen LogP contribution is -2.41. The molecule has 1 aromatic rings. The normalized spacial score (nSPS) is 18.5. The van der Waals surface area contributed by atoms with Gasteiger partial charge in [-0.1, -0.05) is 18.6 Å². The van der Waals surface area contributed by atoms with Gasteiger partial charge in [0.25, 0.3) is 0 Å². The molecule has 2 rings (SSSR count). The third-order valence-corrected chi connectivity index (χ3v) is 4.02. The minimum absolute atomic E-state index is 0.168. The van der Waals surface area contributed by atoms with Crippen LogP contribution in [0.1, 0.15) is 37.8 Å². The van der Waals surface area contributed by atoms with Crippen LogP contribution in [0.15, 0.2) is 24.3 Å². The van der Waals surface area contributed by atoms with Gasteiger partial charge in [-0.25, -0.2) is 0 Å². The monoisotopic (exact) mass is 258 g/mol. The Hall–Kier alpha value is -1.53. The molecule has 0 aromatic heterocycles. The molecule has 1 aliphatic rings. The fraction of sp³-hybridized carbons (Fsp3) is 0.562. The van der Waals surface area contributed by atoms with Gasteiger partial charge in [0, 0.05) is 0 Å². The average molecular weight is 258 g/mol. The van der Waals surface area contributed by atoms with Crippen LogP contribution in [0.4, 0.5) is 0 Å². The lowest BCUT2D eigenvalue weighted by molar-refractivity contribution is 0.0748. The van der Waals surface area contributed by atoms with Crippen molar-refractivity contribution in [1.29, 1.82) is 5.26 Å². The van der Waals surface area contributed by atoms with Crippen molar-refractivity contribution < 1.29 is 4.74 Å². The molecule has 102 valence electrons. The highest BCUT2D eigenvalue weighted by Gasteiger charge is 2.46. The van der Waals surface area contributed by atoms with E-state index in [0.717, 1.165) is 25.0 Å². The molecule has 0 saturated heterocycles. The van der Waals surface area contributed by atoms with Crippen LogP contribution in [0.5, 0.6) is 5.75 Å². The lowest BCUT2D eigenvalue weighted by Gasteiger charge is -2.45. The molecule has 3 nitrogen and oxygen atoms in total. The average Bonchev–Trinajstić information content (AvgIpc) is 2.35. The first-order chi connectivity index (χ1) is 9.13. The fourth-order valence-corrected chi connectivity index (χ4v) is 3.03. The first-order valence-electron chi connectivity index (χ1n) is 6.93. The first-order valence-corrected chi connectivity index (χ1v) is 6.93. The van der Waals surface area contributed by atoms with Gasteiger partial charge >= 0.3 is 0 Å². The Morgan fingerprint density at radius 1 is 1.32 bits per heavy atom. The summed E-state index contributed by atoms with van der Waals surface area (Å²) in [6.07, 6.45) is 3.16. The van der Waals surface area contributed by atoms with Crippen LogP contribution < -0.4 is 4.74 Å². The largest absolute Gasteiger partial charge is 0.494 e. The number of benzene rings is 1. The fourth-order valence-electron chi connectivity index (χ4n) is 3.03. The Labute approximate surface area is 115 Å². The number of hydrogen-bond donors (Lipinski definition) is 0. The van der Waals surface area contributed by atoms with Gasteiger partial charge in [0.15, 0.2) is 0 Å². The Bertz CT molecular complexity index is 455. The Morgan fingerprint density at radius 2 is 1.95 bits per heavy atom. The highest BCUT2D eigenvalue weighted by atomic mass is 16.5. The third kappa shape index (κ3) is 2.59. The van der Waals surface area contributed by atoms with Gasteiger partial charge < -0.3 is 9.64 Å². The summed E-state index contributed by atoms with van der Waals surface area (Å²) in [6.45, 7) is 2.66. The van der Waals surface area contributed by atoms with Crippen molar-refractivity contribution in [2.45, 2.75) is 32.2 Å². The quantitative estimate of drug-likeness (QED) is 0.812. The molecule has 1 unspecified atom stereocenters. The Morgan fingerprint density at radius 3 is 2.32 bits per heavy atom. The van der Waals surface area contributed by atoms with Crippen LogP contribution in [-0.2, 0) is 0 Å². The predicted molar refractivity (Wildman–Crippen MR) is 75.9 cm³/mol. The van der Waals surface area contributed by atoms with Gasteiger partial charge in [0.2, 0.25) is 0 Å². The van der Waals surface area contributed by atoms with Gasteiger partial charge in [-0.15, -0.1) is 0 Å². The second-order valence-electron chi connectivity index (χ2n) is 5.49. The molecule has 0 spiro atoms. The van der Waals surface area contributed by atoms with E-state index in [1.165, 1.54) is 5.56 Å². The first kappa shape index (κ1) is 13.9. The van der Waals surface area contributed by atoms with Crippen molar-refractivity contribution in [3.63, 3.8) is 0 Å². The van der Waals surface area contributed by atoms with E-state index in [1.54, 1.807) is 0 Å². The van der Waals surface area contributed by atoms with Crippen molar-refractivity contribution in [2.24, 2.45) is 5.41 Å². The molecule has 0 N–H and O–H groups in total. The van der Waals surface area contributed by atoms with Crippen molar-refractivity contribution in [3.8, 4) is 11.8 Å². The standard InChI is InChI=1S/C16H22N2O/c1-4-19-14-8-6-13(7-9-14)15(18(2)3)16(12-17)10-5-11-16/h6-9,15H,4-5,10-11H2,1-3H3. The smallest absolute Gasteiger partial charge is 0.119 e. The number of ether oxygens (including phenoxy) is 1. The molecule has 1 atom stereocenters. The van der Waals surface area contributed by atoms with E-state index in [9.17, 15) is 5.26 Å². The van der Waals surface area contributed by atoms with Crippen LogP contribution in [0.3, 0.4) is 0 Å². The van der Waals surface area contributed by atoms with Crippen molar-refractivity contribution in [3.05, 3.63) is 29.8 Å². The number of nitrogens with zero attached hydrogens (tertiary/aromatic N) is 2. The molecule has 0 amide bonds. The van der Waals surface area contributed by atoms with Gasteiger partial charge in [0.05, 0.1) is 24.1 Å². The van der Waals surface area contributed by atoms with Crippen LogP contribution in [0, 0.1) is 16.7 Å². The molecular weight excluding hydrogens is 236 g/mol. The molecular formula is C16H22N2O. The van der Waals surface area contributed by atoms with Gasteiger partial charge in [-0.2, -0.15) is 5.26 Å². The van der Waals surface area contributed by atoms with Crippen LogP contribution in [0.25, 0.3) is 0 Å². The SMILES string of the molecule is CCOc1ccc(C(N(C)C)C2(C#N)CCC2)cc1. The lowest BCUT2D eigenvalue weighted by atomic mass is 9.63. The highest BCUT2D eigenvalue weighted by molar-refractivity contribution is 5.32. The third-order valence-electron chi connectivity index (χ3n) is 4.02. The van der Waals surface area contributed by atoms with E-state index in [4.69, 9.17) is 4.74 Å². The van der Waals surface area contributed by atoms with Gasteiger partial charge in [-0.05, 0) is 51.6 Å². The summed E-state index contributed by atoms with van der Waals surface area (Å²) in [5.74, 6) is 0.892. The zero-order valence-corrected chi connectivity index (χ0v) is 12.0. The van der Waals surface area contributed by atoms with Gasteiger partial charge in [-0.3, -0.25) is 0 Å². The number of hydrogen-bond acceptors (Lipinski definition) is 3. The highest BCUT2D eigenvalue weighted by Crippen LogP contribution is 2.51. The summed E-state index contributed by atoms with van der Waals surface area (Å²) >= 11 is 0. The summed E-state index contributed by atoms with van der Waals surface area (Å²) in [4.78, 5) is 2.16. The Balaban J connectivity index is 2.27. The maximum atomic E-state index is 9.55. The minimum Gasteiger partial charge on any atom is -0.494 e. The maximum absolute atomic E-state index is 9.55. The van der Waals surface area contributed by atoms with Crippen LogP contribution >= 0.6 is 0 Å². The molecule has 1 fully saturated rings. The van der Waals surface area contributed by atoms with Crippen LogP contribution in [-0.4, -0.2) is 25.6 Å². The predicted octanol–water partition coefficient (Wildman–Crippen LogP) is 3.38. The molecule has 0 bridgehead atoms. The molecule has 1 saturated carbocycles. The molecule has 0 heterocycles. The van der Waals surface area contributed by atoms with E-state index in [-0.39, 0.29) is 11.5 Å². The number of rotatable bonds is 5. The summed E-state index contributed by atoms with van der Waals surface area (Å²) < 4.78 is 5.47. The molecule has 1 aliphatic carbocycles. The molecule has 19 heavy (non-hydrogen) atoms. The molecule has 0 aliphatic heterocycles. The van der Waals surface area contributed by atoms with E-state index in [0.29, 0.717) is 6.61 Å². The summed E-state index contributed by atoms with van der Waals surface area (Å²) in [5, 5.41) is 9.55. The molecule has 0 radical (unpaired) electrons. The van der Waals surface area contributed by atoms with Crippen molar-refractivity contribution in [1.82, 2.24) is 4.90 Å². The van der Waals surface area contributed by atoms with E-state index in [2.05, 4.69) is 37.2 Å². The second-order valence-corrected chi connectivity index (χ2v) is 5.49. The summed E-state index contributed by atoms with van der Waals surface area (Å²) in [7, 11) is 4.11. The Kier molecular flexibility index (Phi) is 4.11. The topological polar surface area (TPSA) is 36.3 Å². The summed E-state index contributed by atoms with van der Waals surface area (Å²) in [5.41, 5.74) is 0.992. The van der Waals surface area contributed by atoms with Gasteiger partial charge in [0.1, 0.15) is 5.75 Å². The summed E-state index contributed by atoms with van der Waals surface area (Å²) in [6, 6.07) is 10.9. The zero-order valence-electron chi connectivity index (χ0n) is 12.0. The van der Waals surface area contributed by atoms with E-state index >= 15 is 0 Å². The number of nitriles is 1. The maximum Gasteiger partial charge on any atom is 0.119 e. The van der Waals surface area contributed by atoms with Crippen LogP contribution in [0.2, 0.25) is 0 Å². The zero-order chi connectivity index (χ0) is 13.9.